The van der Waals surface area contributed by atoms with Crippen LogP contribution in [-0.4, -0.2) is 28.2 Å². The summed E-state index contributed by atoms with van der Waals surface area (Å²) in [6, 6.07) is 0.292. The molecule has 14 heavy (non-hydrogen) atoms. The van der Waals surface area contributed by atoms with Gasteiger partial charge in [-0.05, 0) is 18.5 Å². The van der Waals surface area contributed by atoms with E-state index in [1.165, 1.54) is 0 Å². The molecule has 0 saturated heterocycles. The van der Waals surface area contributed by atoms with Gasteiger partial charge in [-0.25, -0.2) is 0 Å². The molecule has 0 amide bonds. The summed E-state index contributed by atoms with van der Waals surface area (Å²) in [4.78, 5) is 11.4. The largest absolute Gasteiger partial charge is 0.464 e. The molecule has 0 aromatic carbocycles. The van der Waals surface area contributed by atoms with E-state index in [-0.39, 0.29) is 17.3 Å². The first-order valence-corrected chi connectivity index (χ1v) is 4.42. The molecule has 0 aliphatic rings. The molecule has 0 aliphatic heterocycles. The molecule has 5 nitrogen and oxygen atoms in total. The van der Waals surface area contributed by atoms with E-state index in [1.54, 1.807) is 6.08 Å². The first-order chi connectivity index (χ1) is 6.76. The summed E-state index contributed by atoms with van der Waals surface area (Å²) >= 11 is 5.62. The predicted molar refractivity (Wildman–Crippen MR) is 51.7 cm³/mol. The van der Waals surface area contributed by atoms with Crippen molar-refractivity contribution in [2.24, 2.45) is 0 Å². The summed E-state index contributed by atoms with van der Waals surface area (Å²) < 4.78 is 10.1. The molecule has 0 unspecified atom stereocenters. The van der Waals surface area contributed by atoms with E-state index in [0.717, 1.165) is 0 Å². The van der Waals surface area contributed by atoms with Crippen LogP contribution in [0.2, 0.25) is 5.28 Å². The van der Waals surface area contributed by atoms with Gasteiger partial charge < -0.3 is 9.47 Å². The van der Waals surface area contributed by atoms with Gasteiger partial charge in [-0.2, -0.15) is 9.97 Å². The average Bonchev–Trinajstić information content (AvgIpc) is 2.14. The van der Waals surface area contributed by atoms with E-state index in [1.807, 2.05) is 6.92 Å². The lowest BCUT2D eigenvalue weighted by Gasteiger charge is -2.03. The number of aromatic nitrogens is 3. The van der Waals surface area contributed by atoms with Crippen molar-refractivity contribution >= 4 is 11.6 Å². The standard InChI is InChI=1S/C8H10ClN3O2/c1-3-5-14-8-11-6(9)10-7(12-8)13-4-2/h3H,1,4-5H2,2H3. The molecule has 1 heterocycles. The number of hydrogen-bond donors (Lipinski definition) is 0. The SMILES string of the molecule is C=CCOc1nc(Cl)nc(OCC)n1. The van der Waals surface area contributed by atoms with Crippen LogP contribution in [0.1, 0.15) is 6.92 Å². The second-order valence-corrected chi connectivity index (χ2v) is 2.54. The Hall–Kier alpha value is -1.36. The van der Waals surface area contributed by atoms with Crippen LogP contribution >= 0.6 is 11.6 Å². The zero-order valence-electron chi connectivity index (χ0n) is 7.73. The van der Waals surface area contributed by atoms with Crippen LogP contribution in [0.4, 0.5) is 0 Å². The molecule has 0 N–H and O–H groups in total. The van der Waals surface area contributed by atoms with Gasteiger partial charge in [-0.1, -0.05) is 12.7 Å². The third-order valence-electron chi connectivity index (χ3n) is 1.17. The van der Waals surface area contributed by atoms with Crippen molar-refractivity contribution in [2.75, 3.05) is 13.2 Å². The van der Waals surface area contributed by atoms with E-state index in [4.69, 9.17) is 21.1 Å². The molecule has 0 aliphatic carbocycles. The minimum absolute atomic E-state index is 0.0440. The highest BCUT2D eigenvalue weighted by Gasteiger charge is 2.05. The summed E-state index contributed by atoms with van der Waals surface area (Å²) in [6.07, 6.45) is 1.58. The quantitative estimate of drug-likeness (QED) is 0.697. The average molecular weight is 216 g/mol. The van der Waals surface area contributed by atoms with Gasteiger partial charge in [0.25, 0.3) is 0 Å². The maximum Gasteiger partial charge on any atom is 0.324 e. The second kappa shape index (κ2) is 5.39. The van der Waals surface area contributed by atoms with Crippen molar-refractivity contribution in [3.05, 3.63) is 17.9 Å². The lowest BCUT2D eigenvalue weighted by Crippen LogP contribution is -2.03. The van der Waals surface area contributed by atoms with E-state index in [9.17, 15) is 0 Å². The van der Waals surface area contributed by atoms with Crippen molar-refractivity contribution in [2.45, 2.75) is 6.92 Å². The van der Waals surface area contributed by atoms with Gasteiger partial charge in [0, 0.05) is 0 Å². The fourth-order valence-electron chi connectivity index (χ4n) is 0.706. The van der Waals surface area contributed by atoms with Gasteiger partial charge in [0.2, 0.25) is 5.28 Å². The molecule has 1 aromatic heterocycles. The summed E-state index contributed by atoms with van der Waals surface area (Å²) in [5, 5.41) is 0.0440. The minimum Gasteiger partial charge on any atom is -0.464 e. The molecule has 0 saturated carbocycles. The van der Waals surface area contributed by atoms with Crippen LogP contribution in [0.5, 0.6) is 12.0 Å². The summed E-state index contributed by atoms with van der Waals surface area (Å²) in [5.41, 5.74) is 0. The zero-order valence-corrected chi connectivity index (χ0v) is 8.49. The Labute approximate surface area is 86.8 Å². The van der Waals surface area contributed by atoms with Crippen LogP contribution in [0.15, 0.2) is 12.7 Å². The molecule has 1 rings (SSSR count). The topological polar surface area (TPSA) is 57.1 Å². The Bertz CT molecular complexity index is 319. The number of hydrogen-bond acceptors (Lipinski definition) is 5. The fourth-order valence-corrected chi connectivity index (χ4v) is 0.851. The van der Waals surface area contributed by atoms with Gasteiger partial charge in [0.15, 0.2) is 0 Å². The summed E-state index contributed by atoms with van der Waals surface area (Å²) in [5.74, 6) is 0. The number of ether oxygens (including phenoxy) is 2. The molecular weight excluding hydrogens is 206 g/mol. The summed E-state index contributed by atoms with van der Waals surface area (Å²) in [6.45, 7) is 6.09. The van der Waals surface area contributed by atoms with Crippen molar-refractivity contribution in [1.82, 2.24) is 15.0 Å². The molecule has 0 spiro atoms. The van der Waals surface area contributed by atoms with Gasteiger partial charge in [-0.3, -0.25) is 0 Å². The van der Waals surface area contributed by atoms with Crippen LogP contribution in [-0.2, 0) is 0 Å². The van der Waals surface area contributed by atoms with Gasteiger partial charge in [0.05, 0.1) is 6.61 Å². The lowest BCUT2D eigenvalue weighted by atomic mass is 10.7. The van der Waals surface area contributed by atoms with Crippen LogP contribution in [0.25, 0.3) is 0 Å². The molecule has 0 radical (unpaired) electrons. The molecule has 6 heteroatoms. The Kier molecular flexibility index (Phi) is 4.12. The molecule has 0 bridgehead atoms. The third kappa shape index (κ3) is 3.18. The van der Waals surface area contributed by atoms with Crippen LogP contribution < -0.4 is 9.47 Å². The van der Waals surface area contributed by atoms with Crippen molar-refractivity contribution in [3.63, 3.8) is 0 Å². The smallest absolute Gasteiger partial charge is 0.324 e. The monoisotopic (exact) mass is 215 g/mol. The Balaban J connectivity index is 2.77. The van der Waals surface area contributed by atoms with Crippen molar-refractivity contribution in [1.29, 1.82) is 0 Å². The molecule has 1 aromatic rings. The van der Waals surface area contributed by atoms with Gasteiger partial charge >= 0.3 is 12.0 Å². The lowest BCUT2D eigenvalue weighted by molar-refractivity contribution is 0.287. The molecular formula is C8H10ClN3O2. The number of rotatable bonds is 5. The van der Waals surface area contributed by atoms with E-state index in [2.05, 4.69) is 21.5 Å². The highest BCUT2D eigenvalue weighted by Crippen LogP contribution is 2.12. The zero-order chi connectivity index (χ0) is 10.4. The van der Waals surface area contributed by atoms with Crippen LogP contribution in [0, 0.1) is 0 Å². The first kappa shape index (κ1) is 10.7. The highest BCUT2D eigenvalue weighted by molar-refractivity contribution is 6.28. The first-order valence-electron chi connectivity index (χ1n) is 4.04. The van der Waals surface area contributed by atoms with E-state index < -0.39 is 0 Å². The maximum atomic E-state index is 5.62. The normalized spacial score (nSPS) is 9.57. The predicted octanol–water partition coefficient (Wildman–Crippen LogP) is 1.49. The molecule has 0 atom stereocenters. The van der Waals surface area contributed by atoms with E-state index >= 15 is 0 Å². The second-order valence-electron chi connectivity index (χ2n) is 2.20. The Morgan fingerprint density at radius 2 is 1.93 bits per heavy atom. The van der Waals surface area contributed by atoms with E-state index in [0.29, 0.717) is 13.2 Å². The number of nitrogens with zero attached hydrogens (tertiary/aromatic N) is 3. The fraction of sp³-hybridized carbons (Fsp3) is 0.375. The molecule has 76 valence electrons. The third-order valence-corrected chi connectivity index (χ3v) is 1.34. The van der Waals surface area contributed by atoms with Crippen molar-refractivity contribution in [3.8, 4) is 12.0 Å². The molecule has 0 fully saturated rings. The minimum atomic E-state index is 0.0440. The summed E-state index contributed by atoms with van der Waals surface area (Å²) in [7, 11) is 0. The van der Waals surface area contributed by atoms with Gasteiger partial charge in [-0.15, -0.1) is 4.98 Å². The maximum absolute atomic E-state index is 5.62. The highest BCUT2D eigenvalue weighted by atomic mass is 35.5. The van der Waals surface area contributed by atoms with Gasteiger partial charge in [0.1, 0.15) is 6.61 Å². The van der Waals surface area contributed by atoms with Crippen LogP contribution in [0.3, 0.4) is 0 Å². The Morgan fingerprint density at radius 3 is 2.50 bits per heavy atom. The Morgan fingerprint density at radius 1 is 1.29 bits per heavy atom. The number of halogens is 1. The van der Waals surface area contributed by atoms with Crippen molar-refractivity contribution < 1.29 is 9.47 Å².